The van der Waals surface area contributed by atoms with Crippen LogP contribution in [0.3, 0.4) is 0 Å². The van der Waals surface area contributed by atoms with Gasteiger partial charge in [-0.25, -0.2) is 9.79 Å². The molecule has 0 aromatic heterocycles. The van der Waals surface area contributed by atoms with Crippen LogP contribution in [0.2, 0.25) is 0 Å². The average molecular weight is 578 g/mol. The van der Waals surface area contributed by atoms with Crippen LogP contribution in [0.25, 0.3) is 0 Å². The topological polar surface area (TPSA) is 247 Å². The molecule has 0 saturated carbocycles. The number of carbonyl (C=O) groups is 3. The number of guanidine groups is 1. The molecule has 40 heavy (non-hydrogen) atoms. The summed E-state index contributed by atoms with van der Waals surface area (Å²) in [7, 11) is 0. The highest BCUT2D eigenvalue weighted by Crippen LogP contribution is 2.24. The monoisotopic (exact) mass is 577 g/mol. The van der Waals surface area contributed by atoms with E-state index in [1.807, 2.05) is 6.92 Å². The van der Waals surface area contributed by atoms with E-state index in [1.165, 1.54) is 6.92 Å². The molecule has 230 valence electrons. The molecule has 0 aromatic carbocycles. The minimum absolute atomic E-state index is 0.0313. The predicted molar refractivity (Wildman–Crippen MR) is 141 cm³/mol. The molecular weight excluding hydrogens is 534 g/mol. The fraction of sp³-hybridized carbons (Fsp3) is 0.750. The zero-order valence-electron chi connectivity index (χ0n) is 23.0. The number of aliphatic imine (C=N–C) groups is 1. The van der Waals surface area contributed by atoms with Gasteiger partial charge in [-0.1, -0.05) is 6.92 Å². The zero-order valence-corrected chi connectivity index (χ0v) is 23.0. The van der Waals surface area contributed by atoms with Gasteiger partial charge in [0.15, 0.2) is 12.1 Å². The van der Waals surface area contributed by atoms with Crippen molar-refractivity contribution in [3.05, 3.63) is 11.8 Å². The van der Waals surface area contributed by atoms with E-state index in [1.54, 1.807) is 0 Å². The van der Waals surface area contributed by atoms with Crippen molar-refractivity contribution in [1.29, 1.82) is 0 Å². The van der Waals surface area contributed by atoms with Crippen molar-refractivity contribution in [2.75, 3.05) is 59.4 Å². The predicted octanol–water partition coefficient (Wildman–Crippen LogP) is -2.80. The number of aliphatic hydroxyl groups excluding tert-OH is 2. The normalized spacial score (nSPS) is 20.1. The number of aliphatic carboxylic acids is 1. The zero-order chi connectivity index (χ0) is 29.9. The summed E-state index contributed by atoms with van der Waals surface area (Å²) in [5.74, 6) is -3.32. The Bertz CT molecular complexity index is 838. The van der Waals surface area contributed by atoms with E-state index in [0.29, 0.717) is 39.6 Å². The van der Waals surface area contributed by atoms with E-state index in [0.717, 1.165) is 12.5 Å². The fourth-order valence-electron chi connectivity index (χ4n) is 3.51. The largest absolute Gasteiger partial charge is 0.478 e. The van der Waals surface area contributed by atoms with E-state index in [9.17, 15) is 29.7 Å². The van der Waals surface area contributed by atoms with Crippen LogP contribution in [-0.4, -0.2) is 129 Å². The van der Waals surface area contributed by atoms with Crippen LogP contribution in [-0.2, 0) is 38.1 Å². The number of amides is 1. The van der Waals surface area contributed by atoms with Crippen LogP contribution >= 0.6 is 0 Å². The Kier molecular flexibility index (Phi) is 17.7. The molecule has 0 saturated heterocycles. The van der Waals surface area contributed by atoms with Crippen molar-refractivity contribution in [3.63, 3.8) is 0 Å². The van der Waals surface area contributed by atoms with E-state index in [-0.39, 0.29) is 32.0 Å². The highest BCUT2D eigenvalue weighted by molar-refractivity contribution is 5.85. The number of hydrogen-bond donors (Lipinski definition) is 7. The van der Waals surface area contributed by atoms with Gasteiger partial charge in [-0.3, -0.25) is 14.9 Å². The molecule has 0 radical (unpaired) electrons. The molecule has 1 rings (SSSR count). The van der Waals surface area contributed by atoms with E-state index >= 15 is 0 Å². The lowest BCUT2D eigenvalue weighted by molar-refractivity contribution is -0.145. The molecule has 1 aliphatic rings. The van der Waals surface area contributed by atoms with Crippen LogP contribution in [0.4, 0.5) is 0 Å². The number of carboxylic acid groups (broad SMARTS) is 1. The van der Waals surface area contributed by atoms with Crippen molar-refractivity contribution in [2.45, 2.75) is 57.2 Å². The van der Waals surface area contributed by atoms with Gasteiger partial charge >= 0.3 is 5.97 Å². The number of carboxylic acids is 1. The molecule has 0 spiro atoms. The molecule has 1 aliphatic heterocycles. The lowest BCUT2D eigenvalue weighted by atomic mass is 9.93. The number of hydrogen-bond acceptors (Lipinski definition) is 12. The number of ether oxygens (including phenoxy) is 5. The van der Waals surface area contributed by atoms with Crippen LogP contribution in [0.1, 0.15) is 26.7 Å². The van der Waals surface area contributed by atoms with Crippen LogP contribution in [0, 0.1) is 0 Å². The van der Waals surface area contributed by atoms with E-state index in [4.69, 9.17) is 35.2 Å². The molecule has 5 atom stereocenters. The number of ketones is 1. The van der Waals surface area contributed by atoms with E-state index in [2.05, 4.69) is 15.6 Å². The minimum Gasteiger partial charge on any atom is -0.478 e. The molecule has 1 heterocycles. The molecule has 16 heteroatoms. The summed E-state index contributed by atoms with van der Waals surface area (Å²) in [6, 6.07) is -2.24. The first kappa shape index (κ1) is 35.2. The van der Waals surface area contributed by atoms with Gasteiger partial charge in [-0.05, 0) is 12.5 Å². The molecule has 0 bridgehead atoms. The molecule has 0 fully saturated rings. The molecule has 0 aromatic rings. The second-order valence-corrected chi connectivity index (χ2v) is 8.74. The standard InChI is InChI=1S/C24H43N5O11/c1-3-5-36-7-9-38-11-12-39-10-8-37-6-4-16(31)14-27-22(33)20(32)21-19(28-15(2)30)17(29-24(25)26)13-18(40-21)23(34)35/h13,17,19-22,27,32-33H,3-12,14H2,1-2H3,(H,28,30)(H,34,35)(H4,25,26,29)/t17-,19+,20-,21+,22-/m0/s1. The average Bonchev–Trinajstić information content (AvgIpc) is 2.89. The first-order chi connectivity index (χ1) is 19.1. The van der Waals surface area contributed by atoms with Crippen molar-refractivity contribution in [3.8, 4) is 0 Å². The summed E-state index contributed by atoms with van der Waals surface area (Å²) in [5.41, 5.74) is 10.8. The number of aliphatic hydroxyl groups is 2. The summed E-state index contributed by atoms with van der Waals surface area (Å²) < 4.78 is 26.7. The Labute approximate surface area is 233 Å². The SMILES string of the molecule is CCCOCCOCCOCCOCCC(=O)CN[C@@H](O)[C@@H](O)[C@@H]1OC(C(=O)O)=C[C@H](N=C(N)N)[C@H]1NC(C)=O. The van der Waals surface area contributed by atoms with Crippen molar-refractivity contribution in [2.24, 2.45) is 16.5 Å². The van der Waals surface area contributed by atoms with Gasteiger partial charge in [0.05, 0.1) is 64.9 Å². The molecule has 9 N–H and O–H groups in total. The van der Waals surface area contributed by atoms with Crippen LogP contribution in [0.5, 0.6) is 0 Å². The highest BCUT2D eigenvalue weighted by atomic mass is 16.6. The van der Waals surface area contributed by atoms with Gasteiger partial charge in [-0.2, -0.15) is 0 Å². The van der Waals surface area contributed by atoms with Gasteiger partial charge in [0, 0.05) is 20.0 Å². The number of carbonyl (C=O) groups excluding carboxylic acids is 2. The smallest absolute Gasteiger partial charge is 0.370 e. The number of nitrogens with two attached hydrogens (primary N) is 2. The maximum absolute atomic E-state index is 12.2. The fourth-order valence-corrected chi connectivity index (χ4v) is 3.51. The molecule has 0 unspecified atom stereocenters. The summed E-state index contributed by atoms with van der Waals surface area (Å²) in [6.07, 6.45) is -2.93. The Balaban J connectivity index is 2.41. The third kappa shape index (κ3) is 14.5. The van der Waals surface area contributed by atoms with Crippen LogP contribution in [0.15, 0.2) is 16.8 Å². The lowest BCUT2D eigenvalue weighted by Crippen LogP contribution is -2.61. The molecular formula is C24H43N5O11. The quantitative estimate of drug-likeness (QED) is 0.0297. The molecule has 0 aliphatic carbocycles. The summed E-state index contributed by atoms with van der Waals surface area (Å²) in [4.78, 5) is 39.3. The summed E-state index contributed by atoms with van der Waals surface area (Å²) in [6.45, 7) is 6.24. The van der Waals surface area contributed by atoms with Gasteiger partial charge in [0.1, 0.15) is 18.1 Å². The first-order valence-electron chi connectivity index (χ1n) is 13.0. The minimum atomic E-state index is -1.79. The molecule has 1 amide bonds. The third-order valence-corrected chi connectivity index (χ3v) is 5.34. The number of Topliss-reactive ketones (excluding diaryl/α,β-unsaturated/α-hetero) is 1. The maximum atomic E-state index is 12.2. The Morgan fingerprint density at radius 3 is 2.05 bits per heavy atom. The third-order valence-electron chi connectivity index (χ3n) is 5.34. The Hall–Kier alpha value is -2.86. The van der Waals surface area contributed by atoms with E-state index < -0.39 is 54.1 Å². The second kappa shape index (κ2) is 20.1. The highest BCUT2D eigenvalue weighted by Gasteiger charge is 2.43. The van der Waals surface area contributed by atoms with Gasteiger partial charge in [0.25, 0.3) is 0 Å². The summed E-state index contributed by atoms with van der Waals surface area (Å²) >= 11 is 0. The van der Waals surface area contributed by atoms with Crippen LogP contribution < -0.4 is 22.1 Å². The van der Waals surface area contributed by atoms with Crippen molar-refractivity contribution < 1.29 is 53.4 Å². The summed E-state index contributed by atoms with van der Waals surface area (Å²) in [5, 5.41) is 35.4. The van der Waals surface area contributed by atoms with Gasteiger partial charge in [0.2, 0.25) is 11.7 Å². The Morgan fingerprint density at radius 1 is 1.00 bits per heavy atom. The van der Waals surface area contributed by atoms with Gasteiger partial charge in [-0.15, -0.1) is 0 Å². The molecule has 16 nitrogen and oxygen atoms in total. The van der Waals surface area contributed by atoms with Gasteiger partial charge < -0.3 is 55.8 Å². The Morgan fingerprint density at radius 2 is 1.55 bits per heavy atom. The number of rotatable bonds is 22. The lowest BCUT2D eigenvalue weighted by Gasteiger charge is -2.38. The number of nitrogens with zero attached hydrogens (tertiary/aromatic N) is 1. The number of nitrogens with one attached hydrogen (secondary N) is 2. The first-order valence-corrected chi connectivity index (χ1v) is 13.0. The van der Waals surface area contributed by atoms with Crippen molar-refractivity contribution >= 4 is 23.6 Å². The maximum Gasteiger partial charge on any atom is 0.370 e. The van der Waals surface area contributed by atoms with Crippen molar-refractivity contribution in [1.82, 2.24) is 10.6 Å². The second-order valence-electron chi connectivity index (χ2n) is 8.74.